The lowest BCUT2D eigenvalue weighted by molar-refractivity contribution is -0.0733. The van der Waals surface area contributed by atoms with Crippen molar-refractivity contribution >= 4 is 5.91 Å². The molecular formula is C20H29FN2O4. The molecule has 1 aliphatic rings. The summed E-state index contributed by atoms with van der Waals surface area (Å²) in [6.45, 7) is 8.36. The molecule has 0 radical (unpaired) electrons. The van der Waals surface area contributed by atoms with Crippen LogP contribution in [-0.2, 0) is 9.47 Å². The Labute approximate surface area is 160 Å². The smallest absolute Gasteiger partial charge is 0.256 e. The van der Waals surface area contributed by atoms with Gasteiger partial charge in [0.25, 0.3) is 5.91 Å². The van der Waals surface area contributed by atoms with Crippen LogP contribution in [0.2, 0.25) is 0 Å². The lowest BCUT2D eigenvalue weighted by Gasteiger charge is -2.43. The van der Waals surface area contributed by atoms with Crippen LogP contribution >= 0.6 is 0 Å². The highest BCUT2D eigenvalue weighted by Gasteiger charge is 2.34. The highest BCUT2D eigenvalue weighted by atomic mass is 19.1. The first kappa shape index (κ1) is 21.5. The van der Waals surface area contributed by atoms with Gasteiger partial charge in [0, 0.05) is 33.3 Å². The third kappa shape index (κ3) is 5.35. The van der Waals surface area contributed by atoms with E-state index in [-0.39, 0.29) is 24.2 Å². The van der Waals surface area contributed by atoms with E-state index in [1.165, 1.54) is 12.1 Å². The number of carbonyl (C=O) groups is 1. The summed E-state index contributed by atoms with van der Waals surface area (Å²) >= 11 is 0. The first-order valence-electron chi connectivity index (χ1n) is 9.09. The van der Waals surface area contributed by atoms with Crippen LogP contribution in [0, 0.1) is 5.82 Å². The molecule has 0 spiro atoms. The number of benzene rings is 1. The zero-order valence-electron chi connectivity index (χ0n) is 16.1. The van der Waals surface area contributed by atoms with Crippen molar-refractivity contribution in [2.45, 2.75) is 18.6 Å². The SMILES string of the molecule is C=C[C@@](C)(CO)N1CCO[C@H](CN(CCOC)C(=O)c2ccccc2F)C1. The van der Waals surface area contributed by atoms with Gasteiger partial charge >= 0.3 is 0 Å². The number of ether oxygens (including phenoxy) is 2. The second kappa shape index (κ2) is 9.94. The second-order valence-electron chi connectivity index (χ2n) is 6.88. The molecule has 0 aliphatic carbocycles. The molecule has 1 aromatic carbocycles. The maximum absolute atomic E-state index is 14.1. The van der Waals surface area contributed by atoms with Crippen molar-refractivity contribution in [3.63, 3.8) is 0 Å². The fourth-order valence-electron chi connectivity index (χ4n) is 3.12. The number of nitrogens with zero attached hydrogens (tertiary/aromatic N) is 2. The van der Waals surface area contributed by atoms with Gasteiger partial charge in [-0.2, -0.15) is 0 Å². The van der Waals surface area contributed by atoms with Crippen molar-refractivity contribution in [1.29, 1.82) is 0 Å². The van der Waals surface area contributed by atoms with Gasteiger partial charge in [0.15, 0.2) is 0 Å². The lowest BCUT2D eigenvalue weighted by Crippen LogP contribution is -2.57. The molecular weight excluding hydrogens is 351 g/mol. The molecule has 1 heterocycles. The van der Waals surface area contributed by atoms with Gasteiger partial charge in [0.1, 0.15) is 5.82 Å². The molecule has 2 rings (SSSR count). The van der Waals surface area contributed by atoms with Crippen LogP contribution in [0.4, 0.5) is 4.39 Å². The molecule has 27 heavy (non-hydrogen) atoms. The van der Waals surface area contributed by atoms with E-state index in [1.807, 2.05) is 6.92 Å². The van der Waals surface area contributed by atoms with Gasteiger partial charge < -0.3 is 19.5 Å². The fourth-order valence-corrected chi connectivity index (χ4v) is 3.12. The van der Waals surface area contributed by atoms with Crippen molar-refractivity contribution in [1.82, 2.24) is 9.80 Å². The number of halogens is 1. The van der Waals surface area contributed by atoms with E-state index in [9.17, 15) is 14.3 Å². The van der Waals surface area contributed by atoms with Crippen molar-refractivity contribution in [3.05, 3.63) is 48.3 Å². The molecule has 0 aromatic heterocycles. The van der Waals surface area contributed by atoms with E-state index in [0.717, 1.165) is 0 Å². The molecule has 1 fully saturated rings. The van der Waals surface area contributed by atoms with Crippen LogP contribution in [-0.4, -0.2) is 85.6 Å². The molecule has 7 heteroatoms. The number of amides is 1. The Hall–Kier alpha value is -1.80. The lowest BCUT2D eigenvalue weighted by atomic mass is 9.99. The Morgan fingerprint density at radius 1 is 1.56 bits per heavy atom. The summed E-state index contributed by atoms with van der Waals surface area (Å²) in [5.74, 6) is -0.935. The highest BCUT2D eigenvalue weighted by molar-refractivity contribution is 5.94. The third-order valence-electron chi connectivity index (χ3n) is 5.00. The van der Waals surface area contributed by atoms with Crippen LogP contribution in [0.15, 0.2) is 36.9 Å². The number of hydrogen-bond donors (Lipinski definition) is 1. The Bertz CT molecular complexity index is 642. The summed E-state index contributed by atoms with van der Waals surface area (Å²) in [6, 6.07) is 5.95. The molecule has 1 aromatic rings. The van der Waals surface area contributed by atoms with E-state index < -0.39 is 11.4 Å². The summed E-state index contributed by atoms with van der Waals surface area (Å²) < 4.78 is 25.0. The minimum Gasteiger partial charge on any atom is -0.394 e. The predicted molar refractivity (Wildman–Crippen MR) is 101 cm³/mol. The average Bonchev–Trinajstić information content (AvgIpc) is 2.70. The number of aliphatic hydroxyl groups excluding tert-OH is 1. The Kier molecular flexibility index (Phi) is 7.91. The molecule has 1 aliphatic heterocycles. The zero-order chi connectivity index (χ0) is 19.9. The van der Waals surface area contributed by atoms with Gasteiger partial charge in [-0.1, -0.05) is 18.2 Å². The van der Waals surface area contributed by atoms with Crippen LogP contribution in [0.3, 0.4) is 0 Å². The third-order valence-corrected chi connectivity index (χ3v) is 5.00. The van der Waals surface area contributed by atoms with Crippen molar-refractivity contribution in [3.8, 4) is 0 Å². The van der Waals surface area contributed by atoms with Gasteiger partial charge in [-0.25, -0.2) is 4.39 Å². The van der Waals surface area contributed by atoms with E-state index in [0.29, 0.717) is 39.4 Å². The maximum Gasteiger partial charge on any atom is 0.256 e. The Morgan fingerprint density at radius 2 is 2.30 bits per heavy atom. The molecule has 6 nitrogen and oxygen atoms in total. The molecule has 1 N–H and O–H groups in total. The summed E-state index contributed by atoms with van der Waals surface area (Å²) in [7, 11) is 1.56. The monoisotopic (exact) mass is 380 g/mol. The largest absolute Gasteiger partial charge is 0.394 e. The van der Waals surface area contributed by atoms with Gasteiger partial charge in [-0.15, -0.1) is 6.58 Å². The summed E-state index contributed by atoms with van der Waals surface area (Å²) in [5, 5.41) is 9.71. The van der Waals surface area contributed by atoms with Crippen LogP contribution in [0.25, 0.3) is 0 Å². The van der Waals surface area contributed by atoms with Crippen LogP contribution in [0.1, 0.15) is 17.3 Å². The normalized spacial score (nSPS) is 20.1. The van der Waals surface area contributed by atoms with Crippen molar-refractivity contribution in [2.75, 3.05) is 53.1 Å². The van der Waals surface area contributed by atoms with Gasteiger partial charge in [-0.05, 0) is 19.1 Å². The van der Waals surface area contributed by atoms with Gasteiger partial charge in [0.05, 0.1) is 37.0 Å². The number of morpholine rings is 1. The number of methoxy groups -OCH3 is 1. The van der Waals surface area contributed by atoms with E-state index >= 15 is 0 Å². The maximum atomic E-state index is 14.1. The molecule has 0 bridgehead atoms. The highest BCUT2D eigenvalue weighted by Crippen LogP contribution is 2.21. The standard InChI is InChI=1S/C20H29FN2O4/c1-4-20(2,15-24)23-10-12-27-16(14-23)13-22(9-11-26-3)19(25)17-7-5-6-8-18(17)21/h4-8,16,24H,1,9-15H2,2-3H3/t16-,20+/m1/s1. The predicted octanol–water partition coefficient (Wildman–Crippen LogP) is 1.55. The second-order valence-corrected chi connectivity index (χ2v) is 6.88. The number of hydrogen-bond acceptors (Lipinski definition) is 5. The summed E-state index contributed by atoms with van der Waals surface area (Å²) in [6.07, 6.45) is 1.47. The van der Waals surface area contributed by atoms with Crippen molar-refractivity contribution in [2.24, 2.45) is 0 Å². The first-order valence-corrected chi connectivity index (χ1v) is 9.09. The molecule has 150 valence electrons. The number of rotatable bonds is 9. The van der Waals surface area contributed by atoms with E-state index in [4.69, 9.17) is 9.47 Å². The van der Waals surface area contributed by atoms with Gasteiger partial charge in [-0.3, -0.25) is 9.69 Å². The Morgan fingerprint density at radius 3 is 2.93 bits per heavy atom. The van der Waals surface area contributed by atoms with Crippen LogP contribution < -0.4 is 0 Å². The zero-order valence-corrected chi connectivity index (χ0v) is 16.1. The molecule has 1 amide bonds. The van der Waals surface area contributed by atoms with E-state index in [2.05, 4.69) is 11.5 Å². The summed E-state index contributed by atoms with van der Waals surface area (Å²) in [5.41, 5.74) is -0.512. The Balaban J connectivity index is 2.12. The fraction of sp³-hybridized carbons (Fsp3) is 0.550. The molecule has 2 atom stereocenters. The topological polar surface area (TPSA) is 62.2 Å². The molecule has 1 saturated heterocycles. The van der Waals surface area contributed by atoms with Crippen LogP contribution in [0.5, 0.6) is 0 Å². The minimum atomic E-state index is -0.547. The van der Waals surface area contributed by atoms with E-state index in [1.54, 1.807) is 30.2 Å². The van der Waals surface area contributed by atoms with Crippen molar-refractivity contribution < 1.29 is 23.8 Å². The van der Waals surface area contributed by atoms with Gasteiger partial charge in [0.2, 0.25) is 0 Å². The minimum absolute atomic E-state index is 0.0348. The summed E-state index contributed by atoms with van der Waals surface area (Å²) in [4.78, 5) is 16.5. The molecule has 0 saturated carbocycles. The molecule has 0 unspecified atom stereocenters. The number of carbonyl (C=O) groups excluding carboxylic acids is 1. The first-order chi connectivity index (χ1) is 12.9. The quantitative estimate of drug-likeness (QED) is 0.659. The number of aliphatic hydroxyl groups is 1. The average molecular weight is 380 g/mol.